The van der Waals surface area contributed by atoms with E-state index in [9.17, 15) is 13.2 Å². The molecule has 2 aromatic heterocycles. The first kappa shape index (κ1) is 15.1. The lowest BCUT2D eigenvalue weighted by molar-refractivity contribution is 0.407. The van der Waals surface area contributed by atoms with Crippen LogP contribution in [-0.4, -0.2) is 63.3 Å². The van der Waals surface area contributed by atoms with Gasteiger partial charge in [0.25, 0.3) is 10.2 Å². The Morgan fingerprint density at radius 3 is 2.77 bits per heavy atom. The highest BCUT2D eigenvalue weighted by atomic mass is 32.2. The Labute approximate surface area is 128 Å². The fourth-order valence-electron chi connectivity index (χ4n) is 2.78. The standard InChI is InChI=1S/C12H18N6O3S/c1-15(2)22(20,21)17-5-4-9(7-17)18-11-10(6-13-8-14-11)16(3)12(18)19/h6,8-9H,4-5,7H2,1-3H3/t9-/m0/s1. The Kier molecular flexibility index (Phi) is 3.54. The highest BCUT2D eigenvalue weighted by Gasteiger charge is 2.35. The van der Waals surface area contributed by atoms with E-state index < -0.39 is 10.2 Å². The first-order valence-corrected chi connectivity index (χ1v) is 8.28. The molecule has 2 aromatic rings. The van der Waals surface area contributed by atoms with Gasteiger partial charge in [0, 0.05) is 34.2 Å². The minimum Gasteiger partial charge on any atom is -0.292 e. The second kappa shape index (κ2) is 5.14. The molecule has 22 heavy (non-hydrogen) atoms. The Hall–Kier alpha value is -1.78. The molecule has 0 aromatic carbocycles. The van der Waals surface area contributed by atoms with Gasteiger partial charge in [0.2, 0.25) is 0 Å². The predicted octanol–water partition coefficient (Wildman–Crippen LogP) is -0.817. The van der Waals surface area contributed by atoms with Crippen LogP contribution in [0.3, 0.4) is 0 Å². The van der Waals surface area contributed by atoms with Gasteiger partial charge in [-0.15, -0.1) is 0 Å². The third-order valence-corrected chi connectivity index (χ3v) is 5.94. The van der Waals surface area contributed by atoms with Crippen LogP contribution >= 0.6 is 0 Å². The van der Waals surface area contributed by atoms with E-state index in [2.05, 4.69) is 9.97 Å². The van der Waals surface area contributed by atoms with Gasteiger partial charge in [-0.2, -0.15) is 17.0 Å². The van der Waals surface area contributed by atoms with Gasteiger partial charge in [-0.25, -0.2) is 14.8 Å². The molecule has 0 saturated carbocycles. The summed E-state index contributed by atoms with van der Waals surface area (Å²) in [7, 11) is 1.20. The van der Waals surface area contributed by atoms with Crippen LogP contribution in [0, 0.1) is 0 Å². The summed E-state index contributed by atoms with van der Waals surface area (Å²) in [5.41, 5.74) is 0.975. The normalized spacial score (nSPS) is 20.3. The van der Waals surface area contributed by atoms with E-state index in [1.165, 1.54) is 33.6 Å². The highest BCUT2D eigenvalue weighted by molar-refractivity contribution is 7.86. The average Bonchev–Trinajstić information content (AvgIpc) is 3.05. The van der Waals surface area contributed by atoms with Crippen molar-refractivity contribution in [1.82, 2.24) is 27.7 Å². The van der Waals surface area contributed by atoms with Crippen LogP contribution < -0.4 is 5.69 Å². The van der Waals surface area contributed by atoms with Gasteiger partial charge in [-0.05, 0) is 6.42 Å². The van der Waals surface area contributed by atoms with Crippen molar-refractivity contribution in [2.24, 2.45) is 7.05 Å². The average molecular weight is 326 g/mol. The van der Waals surface area contributed by atoms with E-state index in [0.29, 0.717) is 24.1 Å². The molecular formula is C12H18N6O3S. The Balaban J connectivity index is 2.01. The van der Waals surface area contributed by atoms with Gasteiger partial charge < -0.3 is 0 Å². The molecule has 1 aliphatic heterocycles. The third kappa shape index (κ3) is 2.14. The van der Waals surface area contributed by atoms with Crippen LogP contribution in [0.2, 0.25) is 0 Å². The van der Waals surface area contributed by atoms with Crippen molar-refractivity contribution in [3.05, 3.63) is 23.0 Å². The minimum absolute atomic E-state index is 0.204. The maximum absolute atomic E-state index is 12.4. The predicted molar refractivity (Wildman–Crippen MR) is 80.6 cm³/mol. The molecule has 10 heteroatoms. The van der Waals surface area contributed by atoms with Crippen molar-refractivity contribution >= 4 is 21.4 Å². The van der Waals surface area contributed by atoms with Crippen molar-refractivity contribution in [3.8, 4) is 0 Å². The number of rotatable bonds is 3. The zero-order chi connectivity index (χ0) is 16.1. The Morgan fingerprint density at radius 1 is 1.36 bits per heavy atom. The molecule has 1 fully saturated rings. The zero-order valence-electron chi connectivity index (χ0n) is 12.7. The van der Waals surface area contributed by atoms with Gasteiger partial charge in [0.1, 0.15) is 11.8 Å². The maximum Gasteiger partial charge on any atom is 0.330 e. The number of hydrogen-bond donors (Lipinski definition) is 0. The van der Waals surface area contributed by atoms with Crippen LogP contribution in [0.25, 0.3) is 11.2 Å². The van der Waals surface area contributed by atoms with Crippen molar-refractivity contribution in [2.45, 2.75) is 12.5 Å². The van der Waals surface area contributed by atoms with E-state index in [-0.39, 0.29) is 18.3 Å². The number of hydrogen-bond acceptors (Lipinski definition) is 5. The largest absolute Gasteiger partial charge is 0.330 e. The molecular weight excluding hydrogens is 308 g/mol. The van der Waals surface area contributed by atoms with Crippen LogP contribution in [-0.2, 0) is 17.3 Å². The van der Waals surface area contributed by atoms with Crippen molar-refractivity contribution in [3.63, 3.8) is 0 Å². The summed E-state index contributed by atoms with van der Waals surface area (Å²) >= 11 is 0. The number of fused-ring (bicyclic) bond motifs is 1. The molecule has 0 spiro atoms. The third-order valence-electron chi connectivity index (χ3n) is 4.03. The van der Waals surface area contributed by atoms with E-state index in [1.54, 1.807) is 17.8 Å². The Bertz CT molecular complexity index is 869. The lowest BCUT2D eigenvalue weighted by Crippen LogP contribution is -2.39. The lowest BCUT2D eigenvalue weighted by Gasteiger charge is -2.20. The molecule has 0 radical (unpaired) electrons. The molecule has 1 atom stereocenters. The van der Waals surface area contributed by atoms with Crippen molar-refractivity contribution in [1.29, 1.82) is 0 Å². The van der Waals surface area contributed by atoms with Gasteiger partial charge in [-0.1, -0.05) is 0 Å². The summed E-state index contributed by atoms with van der Waals surface area (Å²) < 4.78 is 30.0. The van der Waals surface area contributed by atoms with E-state index in [0.717, 1.165) is 0 Å². The molecule has 3 heterocycles. The van der Waals surface area contributed by atoms with E-state index in [4.69, 9.17) is 0 Å². The van der Waals surface area contributed by atoms with Gasteiger partial charge in [-0.3, -0.25) is 9.13 Å². The topological polar surface area (TPSA) is 93.3 Å². The number of aromatic nitrogens is 4. The van der Waals surface area contributed by atoms with Gasteiger partial charge in [0.15, 0.2) is 5.65 Å². The molecule has 120 valence electrons. The number of imidazole rings is 1. The molecule has 0 aliphatic carbocycles. The summed E-state index contributed by atoms with van der Waals surface area (Å²) in [6.45, 7) is 0.655. The quantitative estimate of drug-likeness (QED) is 0.735. The van der Waals surface area contributed by atoms with Gasteiger partial charge >= 0.3 is 5.69 Å². The smallest absolute Gasteiger partial charge is 0.292 e. The zero-order valence-corrected chi connectivity index (χ0v) is 13.5. The first-order valence-electron chi connectivity index (χ1n) is 6.88. The second-order valence-electron chi connectivity index (χ2n) is 5.53. The SMILES string of the molecule is CN(C)S(=O)(=O)N1CC[C@H](n2c(=O)n(C)c3cncnc32)C1. The van der Waals surface area contributed by atoms with Crippen LogP contribution in [0.5, 0.6) is 0 Å². The Morgan fingerprint density at radius 2 is 2.09 bits per heavy atom. The molecule has 1 saturated heterocycles. The molecule has 0 amide bonds. The summed E-state index contributed by atoms with van der Waals surface area (Å²) in [6, 6.07) is -0.221. The number of aryl methyl sites for hydroxylation is 1. The monoisotopic (exact) mass is 326 g/mol. The minimum atomic E-state index is -3.47. The summed E-state index contributed by atoms with van der Waals surface area (Å²) in [4.78, 5) is 20.6. The lowest BCUT2D eigenvalue weighted by atomic mass is 10.2. The molecule has 3 rings (SSSR count). The second-order valence-corrected chi connectivity index (χ2v) is 7.68. The maximum atomic E-state index is 12.4. The van der Waals surface area contributed by atoms with Crippen molar-refractivity contribution < 1.29 is 8.42 Å². The van der Waals surface area contributed by atoms with Gasteiger partial charge in [0.05, 0.1) is 12.2 Å². The molecule has 0 unspecified atom stereocenters. The summed E-state index contributed by atoms with van der Waals surface area (Å²) in [5, 5.41) is 0. The fraction of sp³-hybridized carbons (Fsp3) is 0.583. The van der Waals surface area contributed by atoms with Crippen molar-refractivity contribution in [2.75, 3.05) is 27.2 Å². The van der Waals surface area contributed by atoms with E-state index in [1.807, 2.05) is 0 Å². The highest BCUT2D eigenvalue weighted by Crippen LogP contribution is 2.26. The van der Waals surface area contributed by atoms with Crippen LogP contribution in [0.4, 0.5) is 0 Å². The molecule has 0 N–H and O–H groups in total. The molecule has 9 nitrogen and oxygen atoms in total. The number of nitrogens with zero attached hydrogens (tertiary/aromatic N) is 6. The molecule has 0 bridgehead atoms. The van der Waals surface area contributed by atoms with E-state index >= 15 is 0 Å². The fourth-order valence-corrected chi connectivity index (χ4v) is 3.94. The van der Waals surface area contributed by atoms with Crippen LogP contribution in [0.15, 0.2) is 17.3 Å². The first-order chi connectivity index (χ1) is 10.3. The molecule has 1 aliphatic rings. The summed E-state index contributed by atoms with van der Waals surface area (Å²) in [5.74, 6) is 0. The summed E-state index contributed by atoms with van der Waals surface area (Å²) in [6.07, 6.45) is 3.56. The van der Waals surface area contributed by atoms with Crippen LogP contribution in [0.1, 0.15) is 12.5 Å².